The summed E-state index contributed by atoms with van der Waals surface area (Å²) in [7, 11) is 2.86. The molecule has 0 saturated carbocycles. The zero-order chi connectivity index (χ0) is 34.7. The van der Waals surface area contributed by atoms with Gasteiger partial charge in [-0.3, -0.25) is 34.1 Å². The van der Waals surface area contributed by atoms with E-state index in [1.807, 2.05) is 0 Å². The van der Waals surface area contributed by atoms with Crippen LogP contribution in [0.25, 0.3) is 0 Å². The van der Waals surface area contributed by atoms with Crippen LogP contribution in [0.3, 0.4) is 0 Å². The van der Waals surface area contributed by atoms with Crippen LogP contribution in [-0.4, -0.2) is 115 Å². The Morgan fingerprint density at radius 2 is 1.41 bits per heavy atom. The number of hydrogen-bond acceptors (Lipinski definition) is 15. The molecule has 0 unspecified atom stereocenters. The minimum Gasteiger partial charge on any atom is -0.463 e. The summed E-state index contributed by atoms with van der Waals surface area (Å²) in [6.07, 6.45) is -8.47. The van der Waals surface area contributed by atoms with Crippen LogP contribution in [0.2, 0.25) is 0 Å². The topological polar surface area (TPSA) is 217 Å². The molecule has 2 amide bonds. The van der Waals surface area contributed by atoms with Crippen molar-refractivity contribution < 1.29 is 66.8 Å². The fraction of sp³-hybridized carbons (Fsp3) is 0.556. The van der Waals surface area contributed by atoms with Gasteiger partial charge in [-0.25, -0.2) is 4.79 Å². The van der Waals surface area contributed by atoms with E-state index in [1.54, 1.807) is 0 Å². The van der Waals surface area contributed by atoms with E-state index in [9.17, 15) is 38.9 Å². The molecule has 0 spiro atoms. The fourth-order valence-electron chi connectivity index (χ4n) is 4.04. The molecule has 1 saturated heterocycles. The number of esters is 4. The van der Waals surface area contributed by atoms with E-state index in [-0.39, 0.29) is 25.3 Å². The van der Waals surface area contributed by atoms with Crippen molar-refractivity contribution in [3.63, 3.8) is 0 Å². The lowest BCUT2D eigenvalue weighted by molar-refractivity contribution is -0.387. The summed E-state index contributed by atoms with van der Waals surface area (Å²) in [5, 5.41) is 11.3. The summed E-state index contributed by atoms with van der Waals surface area (Å²) >= 11 is 5.36. The van der Waals surface area contributed by atoms with Crippen molar-refractivity contribution in [2.45, 2.75) is 65.0 Å². The zero-order valence-electron chi connectivity index (χ0n) is 25.8. The summed E-state index contributed by atoms with van der Waals surface area (Å²) in [6, 6.07) is 3.58. The Morgan fingerprint density at radius 1 is 0.848 bits per heavy atom. The number of likely N-dealkylation sites (N-methyl/N-ethyl adjacent to an activating group) is 2. The van der Waals surface area contributed by atoms with Gasteiger partial charge in [0.15, 0.2) is 18.0 Å². The minimum absolute atomic E-state index is 0.0940. The summed E-state index contributed by atoms with van der Waals surface area (Å²) in [4.78, 5) is 84.5. The molecule has 1 fully saturated rings. The second-order valence-corrected chi connectivity index (χ2v) is 10.2. The monoisotopic (exact) mass is 675 g/mol. The summed E-state index contributed by atoms with van der Waals surface area (Å²) < 4.78 is 37.7. The highest BCUT2D eigenvalue weighted by atomic mass is 35.5. The number of amides is 2. The van der Waals surface area contributed by atoms with E-state index in [0.717, 1.165) is 33.8 Å². The number of nitro benzene ring substituents is 1. The number of benzene rings is 1. The molecule has 19 heteroatoms. The van der Waals surface area contributed by atoms with E-state index in [4.69, 9.17) is 44.8 Å². The number of hydrogen-bond donors (Lipinski definition) is 0. The Kier molecular flexibility index (Phi) is 13.9. The first-order valence-corrected chi connectivity index (χ1v) is 13.9. The molecule has 1 aliphatic rings. The summed E-state index contributed by atoms with van der Waals surface area (Å²) in [6.45, 7) is 3.53. The predicted molar refractivity (Wildman–Crippen MR) is 152 cm³/mol. The highest BCUT2D eigenvalue weighted by Gasteiger charge is 2.53. The fourth-order valence-corrected chi connectivity index (χ4v) is 4.12. The van der Waals surface area contributed by atoms with Crippen LogP contribution in [0.4, 0.5) is 15.3 Å². The third-order valence-electron chi connectivity index (χ3n) is 6.16. The number of carbonyl (C=O) groups excluding carboxylic acids is 6. The first-order valence-electron chi connectivity index (χ1n) is 13.5. The molecule has 0 N–H and O–H groups in total. The van der Waals surface area contributed by atoms with Crippen molar-refractivity contribution in [1.29, 1.82) is 0 Å². The highest BCUT2D eigenvalue weighted by Crippen LogP contribution is 2.35. The number of ether oxygens (including phenoxy) is 7. The van der Waals surface area contributed by atoms with Gasteiger partial charge in [0.25, 0.3) is 0 Å². The van der Waals surface area contributed by atoms with Gasteiger partial charge in [-0.1, -0.05) is 6.07 Å². The lowest BCUT2D eigenvalue weighted by Crippen LogP contribution is -2.63. The number of rotatable bonds is 13. The zero-order valence-corrected chi connectivity index (χ0v) is 26.5. The number of halogens is 1. The van der Waals surface area contributed by atoms with Crippen molar-refractivity contribution in [2.24, 2.45) is 0 Å². The van der Waals surface area contributed by atoms with Crippen LogP contribution in [-0.2, 0) is 54.2 Å². The number of nitro groups is 1. The van der Waals surface area contributed by atoms with Crippen molar-refractivity contribution >= 4 is 52.6 Å². The number of nitrogens with zero attached hydrogens (tertiary/aromatic N) is 3. The molecule has 1 aromatic carbocycles. The maximum Gasteiger partial charge on any atom is 0.409 e. The van der Waals surface area contributed by atoms with Gasteiger partial charge in [-0.2, -0.15) is 0 Å². The van der Waals surface area contributed by atoms with E-state index >= 15 is 0 Å². The summed E-state index contributed by atoms with van der Waals surface area (Å²) in [5.41, 5.74) is -0.424. The van der Waals surface area contributed by atoms with Crippen LogP contribution in [0.15, 0.2) is 18.2 Å². The first-order chi connectivity index (χ1) is 21.5. The van der Waals surface area contributed by atoms with Crippen molar-refractivity contribution in [1.82, 2.24) is 9.80 Å². The van der Waals surface area contributed by atoms with Gasteiger partial charge in [0.2, 0.25) is 12.4 Å². The van der Waals surface area contributed by atoms with E-state index in [1.165, 1.54) is 36.0 Å². The lowest BCUT2D eigenvalue weighted by Gasteiger charge is -2.43. The third-order valence-corrected chi connectivity index (χ3v) is 6.44. The smallest absolute Gasteiger partial charge is 0.409 e. The van der Waals surface area contributed by atoms with Crippen LogP contribution in [0.1, 0.15) is 33.3 Å². The molecule has 0 aliphatic carbocycles. The minimum atomic E-state index is -1.71. The lowest BCUT2D eigenvalue weighted by atomic mass is 9.98. The molecule has 0 radical (unpaired) electrons. The molecular weight excluding hydrogens is 642 g/mol. The molecule has 2 rings (SSSR count). The predicted octanol–water partition coefficient (Wildman–Crippen LogP) is 1.92. The SMILES string of the molecule is CC(=O)OC[C@H]1O[C@@H](Oc2ccc(COC(=O)N(C)CCN(C)C(=O)Cl)cc2[N+](=O)[O-])[C@H](OC(C)=O)[C@@H](OC(C)=O)[C@H]1OC(C)=O. The second-order valence-electron chi connectivity index (χ2n) is 9.90. The van der Waals surface area contributed by atoms with Crippen LogP contribution in [0, 0.1) is 10.1 Å². The number of carbonyl (C=O) groups is 6. The Morgan fingerprint density at radius 3 is 1.96 bits per heavy atom. The molecule has 1 heterocycles. The molecule has 18 nitrogen and oxygen atoms in total. The van der Waals surface area contributed by atoms with Crippen LogP contribution >= 0.6 is 11.6 Å². The second kappa shape index (κ2) is 17.1. The van der Waals surface area contributed by atoms with Gasteiger partial charge in [0.05, 0.1) is 4.92 Å². The first kappa shape index (κ1) is 37.5. The van der Waals surface area contributed by atoms with Gasteiger partial charge in [0.1, 0.15) is 19.3 Å². The largest absolute Gasteiger partial charge is 0.463 e. The van der Waals surface area contributed by atoms with E-state index in [2.05, 4.69) is 0 Å². The van der Waals surface area contributed by atoms with E-state index < -0.39 is 89.0 Å². The molecule has 0 aromatic heterocycles. The summed E-state index contributed by atoms with van der Waals surface area (Å²) in [5.74, 6) is -3.73. The van der Waals surface area contributed by atoms with Crippen LogP contribution < -0.4 is 4.74 Å². The molecule has 46 heavy (non-hydrogen) atoms. The standard InChI is InChI=1S/C27H34ClN3O15/c1-14(32)40-13-21-22(42-15(2)33)23(43-16(3)34)24(44-17(4)35)25(46-21)45-20-8-7-18(11-19(20)31(38)39)12-41-27(37)30(6)10-9-29(5)26(28)36/h7-8,11,21-25H,9-10,12-13H2,1-6H3/t21-,22+,23+,24-,25-/m1/s1. The molecule has 1 aliphatic heterocycles. The quantitative estimate of drug-likeness (QED) is 0.0728. The molecule has 254 valence electrons. The molecule has 0 bridgehead atoms. The molecule has 5 atom stereocenters. The normalized spacial score (nSPS) is 20.4. The Bertz CT molecular complexity index is 1330. The molecule has 1 aromatic rings. The van der Waals surface area contributed by atoms with Gasteiger partial charge in [-0.05, 0) is 23.2 Å². The Balaban J connectivity index is 2.37. The van der Waals surface area contributed by atoms with Crippen LogP contribution in [0.5, 0.6) is 5.75 Å². The van der Waals surface area contributed by atoms with Crippen molar-refractivity contribution in [3.05, 3.63) is 33.9 Å². The molecular formula is C27H34ClN3O15. The highest BCUT2D eigenvalue weighted by molar-refractivity contribution is 6.62. The Hall–Kier alpha value is -4.71. The van der Waals surface area contributed by atoms with Crippen molar-refractivity contribution in [2.75, 3.05) is 33.8 Å². The average Bonchev–Trinajstić information content (AvgIpc) is 2.95. The van der Waals surface area contributed by atoms with Gasteiger partial charge < -0.3 is 43.0 Å². The van der Waals surface area contributed by atoms with Gasteiger partial charge >= 0.3 is 41.0 Å². The van der Waals surface area contributed by atoms with E-state index in [0.29, 0.717) is 0 Å². The maximum absolute atomic E-state index is 12.4. The van der Waals surface area contributed by atoms with Gasteiger partial charge in [0, 0.05) is 60.9 Å². The average molecular weight is 676 g/mol. The van der Waals surface area contributed by atoms with Gasteiger partial charge in [-0.15, -0.1) is 0 Å². The Labute approximate surface area is 267 Å². The van der Waals surface area contributed by atoms with Crippen molar-refractivity contribution in [3.8, 4) is 5.75 Å². The maximum atomic E-state index is 12.4. The third kappa shape index (κ3) is 11.3.